The fourth-order valence-corrected chi connectivity index (χ4v) is 2.77. The summed E-state index contributed by atoms with van der Waals surface area (Å²) in [6.45, 7) is 2.91. The van der Waals surface area contributed by atoms with Gasteiger partial charge in [0.25, 0.3) is 0 Å². The lowest BCUT2D eigenvalue weighted by Gasteiger charge is -2.17. The Labute approximate surface area is 135 Å². The summed E-state index contributed by atoms with van der Waals surface area (Å²) in [6, 6.07) is 17.8. The van der Waals surface area contributed by atoms with Crippen molar-refractivity contribution in [1.82, 2.24) is 10.3 Å². The van der Waals surface area contributed by atoms with Crippen LogP contribution in [0.4, 0.5) is 0 Å². The molecule has 4 nitrogen and oxygen atoms in total. The molecule has 2 aromatic carbocycles. The molecule has 23 heavy (non-hydrogen) atoms. The maximum absolute atomic E-state index is 11.6. The maximum Gasteiger partial charge on any atom is 0.248 e. The number of benzene rings is 2. The number of hydrogen-bond donors (Lipinski definition) is 2. The summed E-state index contributed by atoms with van der Waals surface area (Å²) in [5.41, 5.74) is 2.99. The highest BCUT2D eigenvalue weighted by Crippen LogP contribution is 2.29. The molecule has 1 unspecified atom stereocenters. The van der Waals surface area contributed by atoms with E-state index in [4.69, 9.17) is 4.74 Å². The number of aromatic amines is 1. The molecule has 3 rings (SSSR count). The number of pyridine rings is 1. The quantitative estimate of drug-likeness (QED) is 0.759. The number of fused-ring (bicyclic) bond motifs is 1. The van der Waals surface area contributed by atoms with Crippen LogP contribution in [0.15, 0.2) is 59.4 Å². The van der Waals surface area contributed by atoms with Crippen LogP contribution in [0.1, 0.15) is 24.1 Å². The van der Waals surface area contributed by atoms with E-state index in [-0.39, 0.29) is 11.6 Å². The zero-order valence-corrected chi connectivity index (χ0v) is 13.3. The molecule has 3 aromatic rings. The van der Waals surface area contributed by atoms with Gasteiger partial charge in [0.05, 0.1) is 12.6 Å². The molecule has 0 amide bonds. The molecule has 1 heterocycles. The minimum absolute atomic E-state index is 0.127. The van der Waals surface area contributed by atoms with Crippen molar-refractivity contribution in [3.05, 3.63) is 76.1 Å². The van der Waals surface area contributed by atoms with E-state index in [1.54, 1.807) is 13.2 Å². The summed E-state index contributed by atoms with van der Waals surface area (Å²) >= 11 is 0. The van der Waals surface area contributed by atoms with Crippen molar-refractivity contribution in [2.24, 2.45) is 0 Å². The predicted octanol–water partition coefficient (Wildman–Crippen LogP) is 3.39. The van der Waals surface area contributed by atoms with Crippen LogP contribution in [-0.2, 0) is 6.54 Å². The van der Waals surface area contributed by atoms with Crippen molar-refractivity contribution >= 4 is 10.9 Å². The van der Waals surface area contributed by atoms with Gasteiger partial charge in [-0.2, -0.15) is 0 Å². The van der Waals surface area contributed by atoms with Gasteiger partial charge in [0.1, 0.15) is 5.75 Å². The highest BCUT2D eigenvalue weighted by Gasteiger charge is 2.12. The van der Waals surface area contributed by atoms with E-state index in [2.05, 4.69) is 29.4 Å². The first-order chi connectivity index (χ1) is 11.2. The molecule has 118 valence electrons. The average Bonchev–Trinajstić information content (AvgIpc) is 2.59. The zero-order chi connectivity index (χ0) is 16.2. The first kappa shape index (κ1) is 15.3. The van der Waals surface area contributed by atoms with Crippen LogP contribution in [0.3, 0.4) is 0 Å². The predicted molar refractivity (Wildman–Crippen MR) is 92.8 cm³/mol. The topological polar surface area (TPSA) is 54.1 Å². The second-order valence-electron chi connectivity index (χ2n) is 5.56. The van der Waals surface area contributed by atoms with Crippen molar-refractivity contribution in [1.29, 1.82) is 0 Å². The van der Waals surface area contributed by atoms with Gasteiger partial charge < -0.3 is 15.0 Å². The summed E-state index contributed by atoms with van der Waals surface area (Å²) < 4.78 is 5.36. The molecule has 0 radical (unpaired) electrons. The van der Waals surface area contributed by atoms with E-state index in [0.29, 0.717) is 5.75 Å². The minimum Gasteiger partial charge on any atom is -0.495 e. The first-order valence-corrected chi connectivity index (χ1v) is 7.66. The second-order valence-corrected chi connectivity index (χ2v) is 5.56. The lowest BCUT2D eigenvalue weighted by atomic mass is 10.0. The van der Waals surface area contributed by atoms with Gasteiger partial charge >= 0.3 is 0 Å². The number of methoxy groups -OCH3 is 1. The Hall–Kier alpha value is -2.59. The SMILES string of the molecule is COc1ccc(C(C)NCc2ccccc2)c2ccc(=O)[nH]c12. The number of aromatic nitrogens is 1. The molecular formula is C19H20N2O2. The fourth-order valence-electron chi connectivity index (χ4n) is 2.77. The Morgan fingerprint density at radius 2 is 1.87 bits per heavy atom. The molecular weight excluding hydrogens is 288 g/mol. The smallest absolute Gasteiger partial charge is 0.248 e. The Morgan fingerprint density at radius 3 is 2.61 bits per heavy atom. The molecule has 1 aromatic heterocycles. The van der Waals surface area contributed by atoms with Crippen LogP contribution in [0.5, 0.6) is 5.75 Å². The molecule has 0 aliphatic carbocycles. The van der Waals surface area contributed by atoms with Crippen LogP contribution < -0.4 is 15.6 Å². The summed E-state index contributed by atoms with van der Waals surface area (Å²) in [6.07, 6.45) is 0. The Balaban J connectivity index is 1.91. The molecule has 4 heteroatoms. The third kappa shape index (κ3) is 3.27. The van der Waals surface area contributed by atoms with Crippen molar-refractivity contribution < 1.29 is 4.74 Å². The van der Waals surface area contributed by atoms with E-state index < -0.39 is 0 Å². The largest absolute Gasteiger partial charge is 0.495 e. The highest BCUT2D eigenvalue weighted by molar-refractivity contribution is 5.87. The van der Waals surface area contributed by atoms with Crippen molar-refractivity contribution in [3.63, 3.8) is 0 Å². The molecule has 0 saturated heterocycles. The number of rotatable bonds is 5. The van der Waals surface area contributed by atoms with Crippen molar-refractivity contribution in [2.45, 2.75) is 19.5 Å². The molecule has 0 bridgehead atoms. The highest BCUT2D eigenvalue weighted by atomic mass is 16.5. The standard InChI is InChI=1S/C19H20N2O2/c1-13(20-12-14-6-4-3-5-7-14)15-8-10-17(23-2)19-16(15)9-11-18(22)21-19/h3-11,13,20H,12H2,1-2H3,(H,21,22). The molecule has 2 N–H and O–H groups in total. The molecule has 0 spiro atoms. The number of ether oxygens (including phenoxy) is 1. The van der Waals surface area contributed by atoms with Gasteiger partial charge in [-0.25, -0.2) is 0 Å². The van der Waals surface area contributed by atoms with Crippen LogP contribution in [-0.4, -0.2) is 12.1 Å². The van der Waals surface area contributed by atoms with Gasteiger partial charge in [-0.3, -0.25) is 4.79 Å². The minimum atomic E-state index is -0.127. The summed E-state index contributed by atoms with van der Waals surface area (Å²) in [4.78, 5) is 14.5. The van der Waals surface area contributed by atoms with Gasteiger partial charge in [0.2, 0.25) is 5.56 Å². The molecule has 0 aliphatic rings. The maximum atomic E-state index is 11.6. The summed E-state index contributed by atoms with van der Waals surface area (Å²) in [5.74, 6) is 0.678. The number of hydrogen-bond acceptors (Lipinski definition) is 3. The summed E-state index contributed by atoms with van der Waals surface area (Å²) in [5, 5.41) is 4.52. The van der Waals surface area contributed by atoms with E-state index in [0.717, 1.165) is 23.0 Å². The van der Waals surface area contributed by atoms with Crippen molar-refractivity contribution in [2.75, 3.05) is 7.11 Å². The fraction of sp³-hybridized carbons (Fsp3) is 0.211. The number of nitrogens with one attached hydrogen (secondary N) is 2. The van der Waals surface area contributed by atoms with Crippen LogP contribution in [0.25, 0.3) is 10.9 Å². The number of H-pyrrole nitrogens is 1. The molecule has 0 saturated carbocycles. The average molecular weight is 308 g/mol. The Morgan fingerprint density at radius 1 is 1.09 bits per heavy atom. The summed E-state index contributed by atoms with van der Waals surface area (Å²) in [7, 11) is 1.61. The lowest BCUT2D eigenvalue weighted by Crippen LogP contribution is -2.18. The van der Waals surface area contributed by atoms with Gasteiger partial charge in [0, 0.05) is 24.0 Å². The monoisotopic (exact) mass is 308 g/mol. The van der Waals surface area contributed by atoms with E-state index >= 15 is 0 Å². The Kier molecular flexibility index (Phi) is 4.44. The van der Waals surface area contributed by atoms with Crippen LogP contribution >= 0.6 is 0 Å². The lowest BCUT2D eigenvalue weighted by molar-refractivity contribution is 0.418. The van der Waals surface area contributed by atoms with Crippen LogP contribution in [0, 0.1) is 0 Å². The second kappa shape index (κ2) is 6.67. The third-order valence-electron chi connectivity index (χ3n) is 4.03. The van der Waals surface area contributed by atoms with Gasteiger partial charge in [-0.1, -0.05) is 36.4 Å². The third-order valence-corrected chi connectivity index (χ3v) is 4.03. The first-order valence-electron chi connectivity index (χ1n) is 7.66. The molecule has 0 fully saturated rings. The molecule has 0 aliphatic heterocycles. The van der Waals surface area contributed by atoms with Crippen LogP contribution in [0.2, 0.25) is 0 Å². The van der Waals surface area contributed by atoms with E-state index in [1.807, 2.05) is 36.4 Å². The van der Waals surface area contributed by atoms with E-state index in [1.165, 1.54) is 5.56 Å². The van der Waals surface area contributed by atoms with Gasteiger partial charge in [0.15, 0.2) is 0 Å². The van der Waals surface area contributed by atoms with Gasteiger partial charge in [-0.05, 0) is 30.2 Å². The Bertz CT molecular complexity index is 856. The molecule has 1 atom stereocenters. The van der Waals surface area contributed by atoms with Gasteiger partial charge in [-0.15, -0.1) is 0 Å². The van der Waals surface area contributed by atoms with Crippen molar-refractivity contribution in [3.8, 4) is 5.75 Å². The normalized spacial score (nSPS) is 12.3. The van der Waals surface area contributed by atoms with E-state index in [9.17, 15) is 4.79 Å². The zero-order valence-electron chi connectivity index (χ0n) is 13.3.